The van der Waals surface area contributed by atoms with Crippen LogP contribution in [-0.4, -0.2) is 32.8 Å². The Morgan fingerprint density at radius 2 is 1.87 bits per heavy atom. The Hall–Kier alpha value is -3.05. The Kier molecular flexibility index (Phi) is 6.32. The van der Waals surface area contributed by atoms with Gasteiger partial charge in [0.25, 0.3) is 0 Å². The molecule has 0 bridgehead atoms. The van der Waals surface area contributed by atoms with Crippen molar-refractivity contribution in [2.45, 2.75) is 51.7 Å². The Labute approximate surface area is 177 Å². The maximum absolute atomic E-state index is 12.6. The second-order valence-electron chi connectivity index (χ2n) is 8.22. The number of phenols is 2. The van der Waals surface area contributed by atoms with E-state index in [1.54, 1.807) is 31.2 Å². The number of fused-ring (bicyclic) bond motifs is 1. The van der Waals surface area contributed by atoms with Gasteiger partial charge in [0.1, 0.15) is 23.4 Å². The van der Waals surface area contributed by atoms with Crippen LogP contribution in [-0.2, 0) is 6.42 Å². The van der Waals surface area contributed by atoms with E-state index < -0.39 is 11.7 Å². The Balaban J connectivity index is 1.74. The van der Waals surface area contributed by atoms with E-state index in [1.165, 1.54) is 29.8 Å². The van der Waals surface area contributed by atoms with Crippen molar-refractivity contribution in [1.82, 2.24) is 0 Å². The zero-order valence-corrected chi connectivity index (χ0v) is 17.6. The average Bonchev–Trinajstić information content (AvgIpc) is 3.13. The second kappa shape index (κ2) is 8.76. The lowest BCUT2D eigenvalue weighted by atomic mass is 9.89. The van der Waals surface area contributed by atoms with Crippen molar-refractivity contribution < 1.29 is 24.9 Å². The first-order valence-electron chi connectivity index (χ1n) is 10.1. The molecule has 0 radical (unpaired) electrons. The molecule has 1 aliphatic heterocycles. The lowest BCUT2D eigenvalue weighted by Crippen LogP contribution is -2.42. The molecule has 1 aliphatic rings. The summed E-state index contributed by atoms with van der Waals surface area (Å²) in [4.78, 5) is 12.6. The van der Waals surface area contributed by atoms with E-state index in [2.05, 4.69) is 6.08 Å². The standard InChI is InChI=1S/C25H28O5/c1-16(2)5-4-14-25(3,29)23-15-20-22(30-23)13-11-19(24(20)28)21(27)12-8-17-6-9-18(26)10-7-17/h5-13,23,26,28-29H,4,14-15H2,1-3H3/b12-8+. The number of carbonyl (C=O) groups excluding carboxylic acids is 1. The molecule has 158 valence electrons. The van der Waals surface area contributed by atoms with E-state index in [1.807, 2.05) is 13.8 Å². The first-order chi connectivity index (χ1) is 14.2. The molecule has 5 nitrogen and oxygen atoms in total. The molecule has 0 fully saturated rings. The number of phenolic OH excluding ortho intramolecular Hbond substituents is 2. The summed E-state index contributed by atoms with van der Waals surface area (Å²) in [7, 11) is 0. The fraction of sp³-hybridized carbons (Fsp3) is 0.320. The van der Waals surface area contributed by atoms with Gasteiger partial charge in [0, 0.05) is 12.0 Å². The fourth-order valence-corrected chi connectivity index (χ4v) is 3.51. The number of aliphatic hydroxyl groups is 1. The predicted octanol–water partition coefficient (Wildman–Crippen LogP) is 4.79. The summed E-state index contributed by atoms with van der Waals surface area (Å²) in [6, 6.07) is 9.67. The minimum atomic E-state index is -1.06. The van der Waals surface area contributed by atoms with Gasteiger partial charge < -0.3 is 20.1 Å². The number of hydrogen-bond acceptors (Lipinski definition) is 5. The highest BCUT2D eigenvalue weighted by Gasteiger charge is 2.39. The summed E-state index contributed by atoms with van der Waals surface area (Å²) in [5, 5.41) is 30.9. The zero-order valence-electron chi connectivity index (χ0n) is 17.6. The first-order valence-corrected chi connectivity index (χ1v) is 10.1. The van der Waals surface area contributed by atoms with Crippen LogP contribution in [0.3, 0.4) is 0 Å². The minimum absolute atomic E-state index is 0.101. The number of ketones is 1. The highest BCUT2D eigenvalue weighted by Crippen LogP contribution is 2.41. The van der Waals surface area contributed by atoms with Gasteiger partial charge in [-0.15, -0.1) is 0 Å². The third-order valence-corrected chi connectivity index (χ3v) is 5.38. The maximum atomic E-state index is 12.6. The molecule has 2 aromatic carbocycles. The van der Waals surface area contributed by atoms with Crippen molar-refractivity contribution in [3.63, 3.8) is 0 Å². The lowest BCUT2D eigenvalue weighted by molar-refractivity contribution is -0.0433. The quantitative estimate of drug-likeness (QED) is 0.348. The van der Waals surface area contributed by atoms with Crippen molar-refractivity contribution in [3.05, 3.63) is 70.8 Å². The third kappa shape index (κ3) is 4.92. The van der Waals surface area contributed by atoms with Crippen LogP contribution in [0.1, 0.15) is 55.1 Å². The molecular weight excluding hydrogens is 380 g/mol. The fourth-order valence-electron chi connectivity index (χ4n) is 3.51. The molecule has 0 spiro atoms. The highest BCUT2D eigenvalue weighted by atomic mass is 16.5. The predicted molar refractivity (Wildman–Crippen MR) is 117 cm³/mol. The van der Waals surface area contributed by atoms with Gasteiger partial charge in [-0.25, -0.2) is 0 Å². The molecule has 0 aliphatic carbocycles. The van der Waals surface area contributed by atoms with E-state index in [4.69, 9.17) is 4.74 Å². The Morgan fingerprint density at radius 3 is 2.53 bits per heavy atom. The number of benzene rings is 2. The molecular formula is C25H28O5. The van der Waals surface area contributed by atoms with Crippen molar-refractivity contribution in [2.24, 2.45) is 0 Å². The smallest absolute Gasteiger partial charge is 0.189 e. The number of hydrogen-bond donors (Lipinski definition) is 3. The van der Waals surface area contributed by atoms with Gasteiger partial charge >= 0.3 is 0 Å². The van der Waals surface area contributed by atoms with Crippen LogP contribution in [0.2, 0.25) is 0 Å². The molecule has 0 saturated heterocycles. The molecule has 0 amide bonds. The Morgan fingerprint density at radius 1 is 1.17 bits per heavy atom. The number of allylic oxidation sites excluding steroid dienone is 3. The minimum Gasteiger partial charge on any atom is -0.508 e. The molecule has 2 aromatic rings. The van der Waals surface area contributed by atoms with Crippen molar-refractivity contribution in [1.29, 1.82) is 0 Å². The van der Waals surface area contributed by atoms with Gasteiger partial charge in [0.05, 0.1) is 11.2 Å². The van der Waals surface area contributed by atoms with Gasteiger partial charge in [-0.3, -0.25) is 4.79 Å². The molecule has 3 rings (SSSR count). The Bertz CT molecular complexity index is 979. The molecule has 30 heavy (non-hydrogen) atoms. The topological polar surface area (TPSA) is 87.0 Å². The largest absolute Gasteiger partial charge is 0.508 e. The summed E-state index contributed by atoms with van der Waals surface area (Å²) < 4.78 is 5.90. The van der Waals surface area contributed by atoms with Gasteiger partial charge in [0.15, 0.2) is 5.78 Å². The molecule has 0 saturated carbocycles. The van der Waals surface area contributed by atoms with E-state index >= 15 is 0 Å². The lowest BCUT2D eigenvalue weighted by Gasteiger charge is -2.29. The van der Waals surface area contributed by atoms with Crippen molar-refractivity contribution in [3.8, 4) is 17.2 Å². The van der Waals surface area contributed by atoms with E-state index in [0.29, 0.717) is 24.2 Å². The summed E-state index contributed by atoms with van der Waals surface area (Å²) in [6.07, 6.45) is 6.22. The second-order valence-corrected chi connectivity index (χ2v) is 8.22. The number of rotatable bonds is 7. The third-order valence-electron chi connectivity index (χ3n) is 5.38. The van der Waals surface area contributed by atoms with Crippen LogP contribution in [0.25, 0.3) is 6.08 Å². The van der Waals surface area contributed by atoms with Crippen molar-refractivity contribution >= 4 is 11.9 Å². The number of carbonyl (C=O) groups is 1. The van der Waals surface area contributed by atoms with Gasteiger partial charge in [-0.1, -0.05) is 29.9 Å². The van der Waals surface area contributed by atoms with E-state index in [9.17, 15) is 20.1 Å². The summed E-state index contributed by atoms with van der Waals surface area (Å²) >= 11 is 0. The molecule has 3 N–H and O–H groups in total. The molecule has 5 heteroatoms. The number of aromatic hydroxyl groups is 2. The molecule has 1 heterocycles. The summed E-state index contributed by atoms with van der Waals surface area (Å²) in [6.45, 7) is 5.78. The SMILES string of the molecule is CC(C)=CCCC(C)(O)C1Cc2c(ccc(C(=O)/C=C/c3ccc(O)cc3)c2O)O1. The van der Waals surface area contributed by atoms with E-state index in [-0.39, 0.29) is 22.8 Å². The van der Waals surface area contributed by atoms with Crippen LogP contribution in [0.5, 0.6) is 17.2 Å². The van der Waals surface area contributed by atoms with Gasteiger partial charge in [-0.2, -0.15) is 0 Å². The van der Waals surface area contributed by atoms with Crippen molar-refractivity contribution in [2.75, 3.05) is 0 Å². The maximum Gasteiger partial charge on any atom is 0.189 e. The molecule has 2 atom stereocenters. The summed E-state index contributed by atoms with van der Waals surface area (Å²) in [5.41, 5.74) is 1.64. The van der Waals surface area contributed by atoms with Crippen LogP contribution < -0.4 is 4.74 Å². The first kappa shape index (κ1) is 21.7. The van der Waals surface area contributed by atoms with Gasteiger partial charge in [-0.05, 0) is 69.5 Å². The van der Waals surface area contributed by atoms with Crippen LogP contribution in [0.4, 0.5) is 0 Å². The van der Waals surface area contributed by atoms with E-state index in [0.717, 1.165) is 12.0 Å². The zero-order chi connectivity index (χ0) is 21.9. The molecule has 0 aromatic heterocycles. The van der Waals surface area contributed by atoms with Crippen LogP contribution >= 0.6 is 0 Å². The molecule has 2 unspecified atom stereocenters. The van der Waals surface area contributed by atoms with Crippen LogP contribution in [0.15, 0.2) is 54.1 Å². The van der Waals surface area contributed by atoms with Crippen LogP contribution in [0, 0.1) is 0 Å². The normalized spacial score (nSPS) is 17.3. The summed E-state index contributed by atoms with van der Waals surface area (Å²) in [5.74, 6) is 0.220. The van der Waals surface area contributed by atoms with Gasteiger partial charge in [0.2, 0.25) is 0 Å². The average molecular weight is 408 g/mol. The number of ether oxygens (including phenoxy) is 1. The highest BCUT2D eigenvalue weighted by molar-refractivity contribution is 6.09. The monoisotopic (exact) mass is 408 g/mol.